The van der Waals surface area contributed by atoms with E-state index >= 15 is 0 Å². The summed E-state index contributed by atoms with van der Waals surface area (Å²) in [5.74, 6) is 4.43. The van der Waals surface area contributed by atoms with Gasteiger partial charge in [0.15, 0.2) is 0 Å². The molecule has 0 aliphatic carbocycles. The summed E-state index contributed by atoms with van der Waals surface area (Å²) >= 11 is 0. The van der Waals surface area contributed by atoms with Crippen molar-refractivity contribution in [2.75, 3.05) is 49.8 Å². The molecule has 0 bridgehead atoms. The molecule has 0 spiro atoms. The molecule has 1 fully saturated rings. The number of nitrogens with two attached hydrogens (primary N) is 2. The Morgan fingerprint density at radius 1 is 1.50 bits per heavy atom. The minimum absolute atomic E-state index is 0.199. The maximum absolute atomic E-state index is 14.4. The summed E-state index contributed by atoms with van der Waals surface area (Å²) in [6.07, 6.45) is 0.358. The van der Waals surface area contributed by atoms with Crippen LogP contribution in [0.5, 0.6) is 0 Å². The highest BCUT2D eigenvalue weighted by Crippen LogP contribution is 2.28. The van der Waals surface area contributed by atoms with Gasteiger partial charge in [-0.3, -0.25) is 9.91 Å². The lowest BCUT2D eigenvalue weighted by atomic mass is 10.2. The molecule has 1 saturated heterocycles. The van der Waals surface area contributed by atoms with Crippen molar-refractivity contribution in [3.8, 4) is 0 Å². The second-order valence-electron chi connectivity index (χ2n) is 5.99. The minimum Gasteiger partial charge on any atom is -0.441 e. The zero-order valence-corrected chi connectivity index (χ0v) is 15.6. The van der Waals surface area contributed by atoms with Gasteiger partial charge in [-0.05, 0) is 18.2 Å². The molecule has 2 aliphatic heterocycles. The Balaban J connectivity index is 0.000000500. The Bertz CT molecular complexity index is 717. The number of carbonyl (C=O) groups excluding carboxylic acids is 1. The summed E-state index contributed by atoms with van der Waals surface area (Å²) < 4.78 is 19.4. The summed E-state index contributed by atoms with van der Waals surface area (Å²) in [7, 11) is 1.60. The number of hydrogen-bond acceptors (Lipinski definition) is 10. The van der Waals surface area contributed by atoms with Crippen molar-refractivity contribution in [1.29, 1.82) is 0 Å². The first-order chi connectivity index (χ1) is 13.4. The lowest BCUT2D eigenvalue weighted by Gasteiger charge is -2.29. The first-order valence-corrected chi connectivity index (χ1v) is 8.49. The van der Waals surface area contributed by atoms with Gasteiger partial charge in [-0.1, -0.05) is 0 Å². The van der Waals surface area contributed by atoms with Crippen LogP contribution in [0.25, 0.3) is 0 Å². The lowest BCUT2D eigenvalue weighted by Crippen LogP contribution is -2.40. The fourth-order valence-corrected chi connectivity index (χ4v) is 2.52. The van der Waals surface area contributed by atoms with Gasteiger partial charge in [-0.2, -0.15) is 10.2 Å². The van der Waals surface area contributed by atoms with Crippen LogP contribution in [0.3, 0.4) is 0 Å². The molecule has 28 heavy (non-hydrogen) atoms. The molecule has 154 valence electrons. The van der Waals surface area contributed by atoms with Crippen molar-refractivity contribution in [2.45, 2.75) is 6.10 Å². The Hall–Kier alpha value is -2.96. The molecule has 1 aromatic carbocycles. The van der Waals surface area contributed by atoms with Gasteiger partial charge in [0.05, 0.1) is 37.7 Å². The predicted octanol–water partition coefficient (Wildman–Crippen LogP) is -0.468. The van der Waals surface area contributed by atoms with E-state index in [1.54, 1.807) is 29.1 Å². The van der Waals surface area contributed by atoms with E-state index in [0.29, 0.717) is 31.1 Å². The zero-order chi connectivity index (χ0) is 20.7. The molecular weight excluding hydrogens is 371 g/mol. The van der Waals surface area contributed by atoms with Gasteiger partial charge >= 0.3 is 6.09 Å². The molecule has 2 aliphatic rings. The van der Waals surface area contributed by atoms with Crippen LogP contribution in [0.4, 0.5) is 20.6 Å². The number of hydrazone groups is 2. The van der Waals surface area contributed by atoms with Gasteiger partial charge in [-0.15, -0.1) is 0 Å². The third-order valence-corrected chi connectivity index (χ3v) is 4.02. The van der Waals surface area contributed by atoms with Gasteiger partial charge in [0.1, 0.15) is 18.3 Å². The summed E-state index contributed by atoms with van der Waals surface area (Å²) in [5.41, 5.74) is 6.26. The van der Waals surface area contributed by atoms with Gasteiger partial charge in [-0.25, -0.2) is 20.1 Å². The van der Waals surface area contributed by atoms with Crippen LogP contribution in [0, 0.1) is 5.82 Å². The number of benzene rings is 1. The van der Waals surface area contributed by atoms with E-state index in [-0.39, 0.29) is 13.2 Å². The topological polar surface area (TPSA) is 136 Å². The molecule has 0 aromatic heterocycles. The van der Waals surface area contributed by atoms with Crippen molar-refractivity contribution in [2.24, 2.45) is 21.8 Å². The van der Waals surface area contributed by atoms with Crippen LogP contribution in [0.1, 0.15) is 0 Å². The first-order valence-electron chi connectivity index (χ1n) is 8.49. The quantitative estimate of drug-likeness (QED) is 0.345. The Morgan fingerprint density at radius 2 is 2.21 bits per heavy atom. The molecule has 11 nitrogen and oxygen atoms in total. The number of nitrogens with zero attached hydrogens (tertiary/aromatic N) is 6. The fourth-order valence-electron chi connectivity index (χ4n) is 2.52. The molecule has 3 rings (SSSR count). The SMILES string of the molecule is C=NN(C)N.NCN1CCN(c2ccc(N3CC(CO)OC3=O)cc2F)C=N1. The molecule has 1 unspecified atom stereocenters. The highest BCUT2D eigenvalue weighted by atomic mass is 19.1. The molecule has 2 heterocycles. The molecule has 1 aromatic rings. The average molecular weight is 396 g/mol. The van der Waals surface area contributed by atoms with Crippen LogP contribution in [-0.4, -0.2) is 80.4 Å². The normalized spacial score (nSPS) is 18.5. The van der Waals surface area contributed by atoms with Gasteiger partial charge in [0.25, 0.3) is 0 Å². The van der Waals surface area contributed by atoms with Gasteiger partial charge in [0.2, 0.25) is 0 Å². The number of carbonyl (C=O) groups is 1. The standard InChI is InChI=1S/C14H18FN5O3.C2H7N3/c15-12-5-10(20-6-11(7-21)23-14(20)22)1-2-13(12)18-3-4-19(8-16)17-9-18;1-4-5(2)3/h1-2,5,9,11,21H,3-4,6-8,16H2;1,3H2,2H3. The number of anilines is 2. The second-order valence-corrected chi connectivity index (χ2v) is 5.99. The molecule has 0 radical (unpaired) electrons. The zero-order valence-electron chi connectivity index (χ0n) is 15.6. The number of hydrazine groups is 1. The van der Waals surface area contributed by atoms with E-state index in [9.17, 15) is 9.18 Å². The number of aliphatic hydroxyl groups excluding tert-OH is 1. The largest absolute Gasteiger partial charge is 0.441 e. The maximum atomic E-state index is 14.4. The Kier molecular flexibility index (Phi) is 7.49. The highest BCUT2D eigenvalue weighted by Gasteiger charge is 2.32. The van der Waals surface area contributed by atoms with Crippen LogP contribution in [0.15, 0.2) is 28.4 Å². The second kappa shape index (κ2) is 9.82. The molecular formula is C16H25FN8O3. The van der Waals surface area contributed by atoms with Crippen LogP contribution in [-0.2, 0) is 4.74 Å². The first kappa shape index (κ1) is 21.3. The van der Waals surface area contributed by atoms with Crippen LogP contribution in [0.2, 0.25) is 0 Å². The van der Waals surface area contributed by atoms with Gasteiger partial charge in [0, 0.05) is 20.3 Å². The fraction of sp³-hybridized carbons (Fsp3) is 0.438. The monoisotopic (exact) mass is 396 g/mol. The van der Waals surface area contributed by atoms with Gasteiger partial charge < -0.3 is 20.5 Å². The van der Waals surface area contributed by atoms with E-state index in [1.165, 1.54) is 17.3 Å². The predicted molar refractivity (Wildman–Crippen MR) is 104 cm³/mol. The number of ether oxygens (including phenoxy) is 1. The van der Waals surface area contributed by atoms with Crippen molar-refractivity contribution >= 4 is 30.5 Å². The number of hydrogen-bond donors (Lipinski definition) is 3. The van der Waals surface area contributed by atoms with E-state index < -0.39 is 18.0 Å². The number of halogens is 1. The molecule has 0 saturated carbocycles. The summed E-state index contributed by atoms with van der Waals surface area (Å²) in [6, 6.07) is 4.51. The van der Waals surface area contributed by atoms with E-state index in [4.69, 9.17) is 21.4 Å². The summed E-state index contributed by atoms with van der Waals surface area (Å²) in [6.45, 7) is 4.53. The van der Waals surface area contributed by atoms with E-state index in [1.807, 2.05) is 0 Å². The third-order valence-electron chi connectivity index (χ3n) is 4.02. The maximum Gasteiger partial charge on any atom is 0.414 e. The Morgan fingerprint density at radius 3 is 2.68 bits per heavy atom. The number of aliphatic hydroxyl groups is 1. The number of amides is 1. The van der Waals surface area contributed by atoms with E-state index in [2.05, 4.69) is 16.9 Å². The van der Waals surface area contributed by atoms with Crippen molar-refractivity contribution < 1.29 is 19.0 Å². The summed E-state index contributed by atoms with van der Waals surface area (Å²) in [4.78, 5) is 14.7. The third kappa shape index (κ3) is 5.28. The van der Waals surface area contributed by atoms with Crippen LogP contribution < -0.4 is 21.4 Å². The van der Waals surface area contributed by atoms with E-state index in [0.717, 1.165) is 5.12 Å². The smallest absolute Gasteiger partial charge is 0.414 e. The van der Waals surface area contributed by atoms with Crippen molar-refractivity contribution in [1.82, 2.24) is 10.1 Å². The average Bonchev–Trinajstić information content (AvgIpc) is 3.09. The number of rotatable bonds is 5. The molecule has 1 amide bonds. The Labute approximate surface area is 162 Å². The molecule has 1 atom stereocenters. The summed E-state index contributed by atoms with van der Waals surface area (Å²) in [5, 5.41) is 19.2. The minimum atomic E-state index is -0.589. The van der Waals surface area contributed by atoms with Crippen molar-refractivity contribution in [3.63, 3.8) is 0 Å². The number of cyclic esters (lactones) is 1. The molecule has 12 heteroatoms. The van der Waals surface area contributed by atoms with Crippen LogP contribution >= 0.6 is 0 Å². The molecule has 5 N–H and O–H groups in total. The van der Waals surface area contributed by atoms with Crippen molar-refractivity contribution in [3.05, 3.63) is 24.0 Å². The lowest BCUT2D eigenvalue weighted by molar-refractivity contribution is 0.0963. The highest BCUT2D eigenvalue weighted by molar-refractivity contribution is 5.90.